The summed E-state index contributed by atoms with van der Waals surface area (Å²) < 4.78 is 5.45. The Morgan fingerprint density at radius 2 is 1.61 bits per heavy atom. The second-order valence-electron chi connectivity index (χ2n) is 11.3. The van der Waals surface area contributed by atoms with Gasteiger partial charge in [-0.2, -0.15) is 0 Å². The molecule has 38 heavy (non-hydrogen) atoms. The van der Waals surface area contributed by atoms with Gasteiger partial charge in [-0.25, -0.2) is 4.79 Å². The van der Waals surface area contributed by atoms with Crippen LogP contribution in [0.2, 0.25) is 0 Å². The first-order valence-corrected chi connectivity index (χ1v) is 13.5. The van der Waals surface area contributed by atoms with E-state index in [2.05, 4.69) is 10.6 Å². The molecule has 0 aliphatic rings. The monoisotopic (exact) mass is 523 g/mol. The summed E-state index contributed by atoms with van der Waals surface area (Å²) in [5.74, 6) is -0.817. The highest BCUT2D eigenvalue weighted by Gasteiger charge is 2.40. The number of aryl methyl sites for hydroxylation is 2. The van der Waals surface area contributed by atoms with Crippen molar-refractivity contribution in [2.24, 2.45) is 5.92 Å². The Balaban J connectivity index is 2.53. The van der Waals surface area contributed by atoms with Gasteiger partial charge in [0.1, 0.15) is 17.7 Å². The number of nitrogens with zero attached hydrogens (tertiary/aromatic N) is 1. The number of rotatable bonds is 10. The molecule has 0 radical (unpaired) electrons. The van der Waals surface area contributed by atoms with E-state index >= 15 is 0 Å². The fourth-order valence-corrected chi connectivity index (χ4v) is 4.34. The first kappa shape index (κ1) is 30.9. The van der Waals surface area contributed by atoms with Crippen LogP contribution in [0.1, 0.15) is 83.2 Å². The van der Waals surface area contributed by atoms with Crippen molar-refractivity contribution in [1.82, 2.24) is 15.5 Å². The van der Waals surface area contributed by atoms with Gasteiger partial charge in [-0.05, 0) is 70.6 Å². The Kier molecular flexibility index (Phi) is 10.9. The summed E-state index contributed by atoms with van der Waals surface area (Å²) in [5.41, 5.74) is 3.02. The summed E-state index contributed by atoms with van der Waals surface area (Å²) in [6, 6.07) is 13.6. The van der Waals surface area contributed by atoms with Gasteiger partial charge in [0.05, 0.1) is 0 Å². The quantitative estimate of drug-likeness (QED) is 0.410. The molecule has 0 aliphatic carbocycles. The minimum Gasteiger partial charge on any atom is -0.444 e. The molecule has 0 saturated heterocycles. The van der Waals surface area contributed by atoms with E-state index in [-0.39, 0.29) is 23.8 Å². The van der Waals surface area contributed by atoms with Crippen LogP contribution >= 0.6 is 0 Å². The average Bonchev–Trinajstić information content (AvgIpc) is 2.83. The van der Waals surface area contributed by atoms with Crippen LogP contribution < -0.4 is 10.6 Å². The lowest BCUT2D eigenvalue weighted by molar-refractivity contribution is -0.146. The lowest BCUT2D eigenvalue weighted by atomic mass is 9.93. The van der Waals surface area contributed by atoms with Crippen molar-refractivity contribution in [1.29, 1.82) is 0 Å². The van der Waals surface area contributed by atoms with Gasteiger partial charge in [-0.15, -0.1) is 0 Å². The molecule has 2 aromatic carbocycles. The molecule has 2 rings (SSSR count). The second kappa shape index (κ2) is 13.4. The zero-order chi connectivity index (χ0) is 28.6. The van der Waals surface area contributed by atoms with Crippen molar-refractivity contribution in [3.63, 3.8) is 0 Å². The van der Waals surface area contributed by atoms with Crippen LogP contribution in [0.15, 0.2) is 48.5 Å². The number of hydrogen-bond donors (Lipinski definition) is 2. The van der Waals surface area contributed by atoms with Crippen molar-refractivity contribution < 1.29 is 19.1 Å². The maximum atomic E-state index is 14.2. The third kappa shape index (κ3) is 8.61. The fraction of sp³-hybridized carbons (Fsp3) is 0.516. The van der Waals surface area contributed by atoms with Gasteiger partial charge in [0.25, 0.3) is 0 Å². The molecular formula is C31H45N3O4. The zero-order valence-corrected chi connectivity index (χ0v) is 24.4. The molecule has 2 N–H and O–H groups in total. The van der Waals surface area contributed by atoms with Crippen LogP contribution in [-0.2, 0) is 20.9 Å². The predicted octanol–water partition coefficient (Wildman–Crippen LogP) is 5.84. The summed E-state index contributed by atoms with van der Waals surface area (Å²) in [6.45, 7) is 17.3. The minimum atomic E-state index is -0.872. The maximum Gasteiger partial charge on any atom is 0.408 e. The van der Waals surface area contributed by atoms with Crippen LogP contribution in [0.3, 0.4) is 0 Å². The summed E-state index contributed by atoms with van der Waals surface area (Å²) in [4.78, 5) is 42.5. The van der Waals surface area contributed by atoms with E-state index in [1.807, 2.05) is 90.1 Å². The fourth-order valence-electron chi connectivity index (χ4n) is 4.34. The van der Waals surface area contributed by atoms with E-state index in [1.165, 1.54) is 0 Å². The lowest BCUT2D eigenvalue weighted by Crippen LogP contribution is -2.57. The number of benzene rings is 2. The molecule has 0 heterocycles. The third-order valence-electron chi connectivity index (χ3n) is 6.48. The van der Waals surface area contributed by atoms with E-state index in [0.717, 1.165) is 22.3 Å². The molecule has 0 fully saturated rings. The molecule has 2 aromatic rings. The van der Waals surface area contributed by atoms with Gasteiger partial charge in [0.2, 0.25) is 11.8 Å². The number of hydrogen-bond acceptors (Lipinski definition) is 4. The highest BCUT2D eigenvalue weighted by molar-refractivity contribution is 5.92. The van der Waals surface area contributed by atoms with Gasteiger partial charge in [-0.3, -0.25) is 9.59 Å². The van der Waals surface area contributed by atoms with E-state index in [1.54, 1.807) is 25.7 Å². The number of carbonyl (C=O) groups is 3. The van der Waals surface area contributed by atoms with Gasteiger partial charge >= 0.3 is 6.09 Å². The molecule has 0 spiro atoms. The average molecular weight is 524 g/mol. The number of alkyl carbamates (subject to hydrolysis) is 1. The molecule has 3 amide bonds. The Morgan fingerprint density at radius 1 is 0.974 bits per heavy atom. The van der Waals surface area contributed by atoms with Crippen LogP contribution in [0.5, 0.6) is 0 Å². The SMILES string of the molecule is CCC(C)N(C(=O)C(NC(=O)OC(C)(C)C)C(C)C)C(C(=O)NCc1ccccc1)c1ccc(C)cc1C. The Bertz CT molecular complexity index is 1090. The van der Waals surface area contributed by atoms with Crippen molar-refractivity contribution in [3.05, 3.63) is 70.8 Å². The molecule has 3 unspecified atom stereocenters. The van der Waals surface area contributed by atoms with E-state index < -0.39 is 23.8 Å². The van der Waals surface area contributed by atoms with Crippen molar-refractivity contribution in [2.45, 2.75) is 99.0 Å². The smallest absolute Gasteiger partial charge is 0.408 e. The lowest BCUT2D eigenvalue weighted by Gasteiger charge is -2.39. The molecule has 0 aliphatic heterocycles. The number of carbonyl (C=O) groups excluding carboxylic acids is 3. The third-order valence-corrected chi connectivity index (χ3v) is 6.48. The Hall–Kier alpha value is -3.35. The van der Waals surface area contributed by atoms with E-state index in [9.17, 15) is 14.4 Å². The highest BCUT2D eigenvalue weighted by atomic mass is 16.6. The van der Waals surface area contributed by atoms with E-state index in [4.69, 9.17) is 4.74 Å². The number of nitrogens with one attached hydrogen (secondary N) is 2. The van der Waals surface area contributed by atoms with Gasteiger partial charge in [0, 0.05) is 12.6 Å². The largest absolute Gasteiger partial charge is 0.444 e. The molecule has 0 aromatic heterocycles. The van der Waals surface area contributed by atoms with Crippen LogP contribution in [0, 0.1) is 19.8 Å². The van der Waals surface area contributed by atoms with Crippen LogP contribution in [-0.4, -0.2) is 40.5 Å². The first-order chi connectivity index (χ1) is 17.7. The van der Waals surface area contributed by atoms with Crippen LogP contribution in [0.4, 0.5) is 4.79 Å². The van der Waals surface area contributed by atoms with Gasteiger partial charge in [-0.1, -0.05) is 74.9 Å². The standard InChI is InChI=1S/C31H45N3O4/c1-10-23(6)34(29(36)26(20(2)3)33-30(37)38-31(7,8)9)27(25-17-16-21(4)18-22(25)5)28(35)32-19-24-14-12-11-13-15-24/h11-18,20,23,26-27H,10,19H2,1-9H3,(H,32,35)(H,33,37). The second-order valence-corrected chi connectivity index (χ2v) is 11.3. The molecule has 3 atom stereocenters. The molecular weight excluding hydrogens is 478 g/mol. The topological polar surface area (TPSA) is 87.7 Å². The van der Waals surface area contributed by atoms with Gasteiger partial charge in [0.15, 0.2) is 0 Å². The first-order valence-electron chi connectivity index (χ1n) is 13.5. The minimum absolute atomic E-state index is 0.228. The Labute approximate surface area is 228 Å². The molecule has 0 bridgehead atoms. The molecule has 208 valence electrons. The van der Waals surface area contributed by atoms with Crippen LogP contribution in [0.25, 0.3) is 0 Å². The summed E-state index contributed by atoms with van der Waals surface area (Å²) >= 11 is 0. The maximum absolute atomic E-state index is 14.2. The van der Waals surface area contributed by atoms with Crippen molar-refractivity contribution in [2.75, 3.05) is 0 Å². The Morgan fingerprint density at radius 3 is 2.13 bits per heavy atom. The summed E-state index contributed by atoms with van der Waals surface area (Å²) in [7, 11) is 0. The molecule has 7 nitrogen and oxygen atoms in total. The molecule has 7 heteroatoms. The summed E-state index contributed by atoms with van der Waals surface area (Å²) in [5, 5.41) is 5.82. The van der Waals surface area contributed by atoms with Gasteiger partial charge < -0.3 is 20.3 Å². The highest BCUT2D eigenvalue weighted by Crippen LogP contribution is 2.30. The van der Waals surface area contributed by atoms with Crippen molar-refractivity contribution in [3.8, 4) is 0 Å². The van der Waals surface area contributed by atoms with E-state index in [0.29, 0.717) is 13.0 Å². The zero-order valence-electron chi connectivity index (χ0n) is 24.4. The molecule has 0 saturated carbocycles. The number of amides is 3. The summed E-state index contributed by atoms with van der Waals surface area (Å²) in [6.07, 6.45) is -0.0265. The van der Waals surface area contributed by atoms with Crippen molar-refractivity contribution >= 4 is 17.9 Å². The predicted molar refractivity (Wildman–Crippen MR) is 152 cm³/mol. The number of ether oxygens (including phenoxy) is 1. The normalized spacial score (nSPS) is 13.8.